The Morgan fingerprint density at radius 2 is 1.81 bits per heavy atom. The molecule has 0 fully saturated rings. The van der Waals surface area contributed by atoms with Crippen LogP contribution in [0.2, 0.25) is 10.0 Å². The summed E-state index contributed by atoms with van der Waals surface area (Å²) < 4.78 is 20.5. The van der Waals surface area contributed by atoms with E-state index in [4.69, 9.17) is 27.9 Å². The lowest BCUT2D eigenvalue weighted by atomic mass is 9.98. The zero-order valence-electron chi connectivity index (χ0n) is 19.4. The number of nitrogens with zero attached hydrogens (tertiary/aromatic N) is 3. The number of aryl methyl sites for hydroxylation is 1. The molecule has 2 heterocycles. The van der Waals surface area contributed by atoms with Crippen LogP contribution in [-0.4, -0.2) is 32.1 Å². The molecule has 0 spiro atoms. The van der Waals surface area contributed by atoms with Crippen LogP contribution in [0.4, 0.5) is 4.39 Å². The molecule has 0 saturated heterocycles. The summed E-state index contributed by atoms with van der Waals surface area (Å²) >= 11 is 12.8. The number of carbonyl (C=O) groups excluding carboxylic acids is 1. The van der Waals surface area contributed by atoms with Gasteiger partial charge >= 0.3 is 5.69 Å². The fraction of sp³-hybridized carbons (Fsp3) is 0.154. The second kappa shape index (κ2) is 9.84. The summed E-state index contributed by atoms with van der Waals surface area (Å²) in [5, 5.41) is 4.03. The smallest absolute Gasteiger partial charge is 0.349 e. The Morgan fingerprint density at radius 3 is 2.51 bits per heavy atom. The zero-order valence-corrected chi connectivity index (χ0v) is 20.9. The van der Waals surface area contributed by atoms with Gasteiger partial charge in [-0.25, -0.2) is 9.18 Å². The van der Waals surface area contributed by atoms with E-state index in [1.165, 1.54) is 18.2 Å². The van der Waals surface area contributed by atoms with Gasteiger partial charge in [-0.15, -0.1) is 0 Å². The molecule has 8 nitrogen and oxygen atoms in total. The Morgan fingerprint density at radius 1 is 1.05 bits per heavy atom. The van der Waals surface area contributed by atoms with Crippen molar-refractivity contribution >= 4 is 29.1 Å². The van der Waals surface area contributed by atoms with Crippen LogP contribution >= 0.6 is 23.2 Å². The standard InChI is InChI=1S/C26H19Cl2FN4O4/c1-14-8-15(2-5-22(14)29)13-32-7-6-16-9-18(3-4-19(16)25(32)35)37-24-20(27)10-17(11-21(24)28)33-26(36)31-23(34)12-30-33/h2-5,8-12H,6-7,13H2,1H3,(H,31,34,36). The summed E-state index contributed by atoms with van der Waals surface area (Å²) in [6.45, 7) is 2.59. The largest absolute Gasteiger partial charge is 0.454 e. The first-order chi connectivity index (χ1) is 17.7. The number of nitrogens with one attached hydrogen (secondary N) is 1. The number of carbonyl (C=O) groups is 1. The highest BCUT2D eigenvalue weighted by molar-refractivity contribution is 6.37. The van der Waals surface area contributed by atoms with Gasteiger partial charge in [0, 0.05) is 18.7 Å². The van der Waals surface area contributed by atoms with Crippen molar-refractivity contribution < 1.29 is 13.9 Å². The van der Waals surface area contributed by atoms with E-state index < -0.39 is 11.2 Å². The van der Waals surface area contributed by atoms with Gasteiger partial charge in [0.15, 0.2) is 5.75 Å². The Hall–Kier alpha value is -3.95. The van der Waals surface area contributed by atoms with Gasteiger partial charge in [-0.05, 0) is 66.4 Å². The number of aromatic nitrogens is 3. The second-order valence-corrected chi connectivity index (χ2v) is 9.38. The van der Waals surface area contributed by atoms with Gasteiger partial charge < -0.3 is 9.64 Å². The summed E-state index contributed by atoms with van der Waals surface area (Å²) in [6.07, 6.45) is 1.57. The predicted molar refractivity (Wildman–Crippen MR) is 137 cm³/mol. The highest BCUT2D eigenvalue weighted by Crippen LogP contribution is 2.39. The lowest BCUT2D eigenvalue weighted by Gasteiger charge is -2.29. The molecular weight excluding hydrogens is 522 g/mol. The van der Waals surface area contributed by atoms with E-state index in [-0.39, 0.29) is 33.2 Å². The van der Waals surface area contributed by atoms with Gasteiger partial charge in [-0.3, -0.25) is 14.6 Å². The first kappa shape index (κ1) is 24.7. The Labute approximate surface area is 219 Å². The number of amides is 1. The lowest BCUT2D eigenvalue weighted by Crippen LogP contribution is -2.37. The minimum absolute atomic E-state index is 0.117. The molecule has 0 saturated carbocycles. The van der Waals surface area contributed by atoms with Gasteiger partial charge in [0.2, 0.25) is 0 Å². The lowest BCUT2D eigenvalue weighted by molar-refractivity contribution is 0.0727. The maximum atomic E-state index is 13.6. The molecule has 1 N–H and O–H groups in total. The van der Waals surface area contributed by atoms with E-state index in [9.17, 15) is 18.8 Å². The second-order valence-electron chi connectivity index (χ2n) is 8.57. The highest BCUT2D eigenvalue weighted by atomic mass is 35.5. The van der Waals surface area contributed by atoms with Crippen molar-refractivity contribution in [3.8, 4) is 17.2 Å². The minimum atomic E-state index is -0.740. The number of rotatable bonds is 5. The number of hydrogen-bond donors (Lipinski definition) is 1. The molecular formula is C26H19Cl2FN4O4. The van der Waals surface area contributed by atoms with Crippen molar-refractivity contribution in [3.63, 3.8) is 0 Å². The van der Waals surface area contributed by atoms with Gasteiger partial charge in [-0.1, -0.05) is 35.3 Å². The van der Waals surface area contributed by atoms with Gasteiger partial charge in [-0.2, -0.15) is 9.78 Å². The van der Waals surface area contributed by atoms with E-state index in [0.29, 0.717) is 36.4 Å². The molecule has 0 aliphatic carbocycles. The van der Waals surface area contributed by atoms with E-state index in [1.54, 1.807) is 42.2 Å². The number of hydrogen-bond acceptors (Lipinski definition) is 5. The molecule has 1 aliphatic heterocycles. The number of H-pyrrole nitrogens is 1. The van der Waals surface area contributed by atoms with Crippen LogP contribution in [0.3, 0.4) is 0 Å². The van der Waals surface area contributed by atoms with Crippen LogP contribution in [0, 0.1) is 12.7 Å². The van der Waals surface area contributed by atoms with Crippen molar-refractivity contribution in [2.75, 3.05) is 6.54 Å². The third-order valence-electron chi connectivity index (χ3n) is 6.00. The number of fused-ring (bicyclic) bond motifs is 1. The number of halogens is 3. The van der Waals surface area contributed by atoms with Gasteiger partial charge in [0.05, 0.1) is 15.7 Å². The first-order valence-electron chi connectivity index (χ1n) is 11.2. The van der Waals surface area contributed by atoms with Crippen LogP contribution in [0.5, 0.6) is 11.5 Å². The quantitative estimate of drug-likeness (QED) is 0.396. The molecule has 1 aliphatic rings. The maximum absolute atomic E-state index is 13.6. The topological polar surface area (TPSA) is 97.3 Å². The summed E-state index contributed by atoms with van der Waals surface area (Å²) in [5.74, 6) is 0.211. The fourth-order valence-electron chi connectivity index (χ4n) is 4.17. The Balaban J connectivity index is 1.36. The molecule has 188 valence electrons. The molecule has 3 aromatic carbocycles. The molecule has 4 aromatic rings. The van der Waals surface area contributed by atoms with E-state index in [2.05, 4.69) is 10.1 Å². The molecule has 11 heteroatoms. The van der Waals surface area contributed by atoms with E-state index >= 15 is 0 Å². The average Bonchev–Trinajstić information content (AvgIpc) is 2.85. The molecule has 0 unspecified atom stereocenters. The van der Waals surface area contributed by atoms with Crippen LogP contribution in [0.1, 0.15) is 27.0 Å². The molecule has 37 heavy (non-hydrogen) atoms. The van der Waals surface area contributed by atoms with Crippen molar-refractivity contribution in [2.45, 2.75) is 19.9 Å². The van der Waals surface area contributed by atoms with Crippen molar-refractivity contribution in [1.29, 1.82) is 0 Å². The maximum Gasteiger partial charge on any atom is 0.349 e. The van der Waals surface area contributed by atoms with Gasteiger partial charge in [0.25, 0.3) is 11.5 Å². The predicted octanol–water partition coefficient (Wildman–Crippen LogP) is 4.67. The van der Waals surface area contributed by atoms with Crippen LogP contribution in [0.25, 0.3) is 5.69 Å². The van der Waals surface area contributed by atoms with Crippen LogP contribution < -0.4 is 16.0 Å². The Bertz CT molecular complexity index is 1640. The van der Waals surface area contributed by atoms with Crippen molar-refractivity contribution in [2.24, 2.45) is 0 Å². The van der Waals surface area contributed by atoms with E-state index in [1.807, 2.05) is 0 Å². The van der Waals surface area contributed by atoms with Crippen LogP contribution in [-0.2, 0) is 13.0 Å². The zero-order chi connectivity index (χ0) is 26.3. The molecule has 1 aromatic heterocycles. The number of aromatic amines is 1. The van der Waals surface area contributed by atoms with Crippen molar-refractivity contribution in [3.05, 3.63) is 114 Å². The third-order valence-corrected chi connectivity index (χ3v) is 6.56. The van der Waals surface area contributed by atoms with Gasteiger partial charge in [0.1, 0.15) is 17.8 Å². The molecule has 0 bridgehead atoms. The number of ether oxygens (including phenoxy) is 1. The summed E-state index contributed by atoms with van der Waals surface area (Å²) in [4.78, 5) is 40.2. The van der Waals surface area contributed by atoms with Crippen LogP contribution in [0.15, 0.2) is 64.3 Å². The monoisotopic (exact) mass is 540 g/mol. The highest BCUT2D eigenvalue weighted by Gasteiger charge is 2.25. The Kier molecular flexibility index (Phi) is 6.57. The summed E-state index contributed by atoms with van der Waals surface area (Å²) in [7, 11) is 0. The molecule has 1 amide bonds. The normalized spacial score (nSPS) is 13.0. The summed E-state index contributed by atoms with van der Waals surface area (Å²) in [6, 6.07) is 12.8. The third kappa shape index (κ3) is 5.00. The SMILES string of the molecule is Cc1cc(CN2CCc3cc(Oc4c(Cl)cc(-n5ncc(=O)[nH]c5=O)cc4Cl)ccc3C2=O)ccc1F. The molecule has 5 rings (SSSR count). The molecule has 0 atom stereocenters. The minimum Gasteiger partial charge on any atom is -0.454 e. The molecule has 0 radical (unpaired) electrons. The average molecular weight is 541 g/mol. The fourth-order valence-corrected chi connectivity index (χ4v) is 4.73. The first-order valence-corrected chi connectivity index (χ1v) is 12.0. The summed E-state index contributed by atoms with van der Waals surface area (Å²) in [5.41, 5.74) is 1.67. The van der Waals surface area contributed by atoms with Crippen molar-refractivity contribution in [1.82, 2.24) is 19.7 Å². The number of benzene rings is 3. The van der Waals surface area contributed by atoms with E-state index in [0.717, 1.165) is 22.0 Å².